The Hall–Kier alpha value is -3.58. The van der Waals surface area contributed by atoms with Crippen LogP contribution in [0.3, 0.4) is 0 Å². The lowest BCUT2D eigenvalue weighted by Gasteiger charge is -2.15. The van der Waals surface area contributed by atoms with E-state index in [4.69, 9.17) is 8.83 Å². The molecule has 8 nitrogen and oxygen atoms in total. The Kier molecular flexibility index (Phi) is 4.48. The highest BCUT2D eigenvalue weighted by atomic mass is 19.4. The van der Waals surface area contributed by atoms with Gasteiger partial charge in [-0.25, -0.2) is 9.36 Å². The summed E-state index contributed by atoms with van der Waals surface area (Å²) in [5.74, 6) is 0.0623. The number of hydrogen-bond acceptors (Lipinski definition) is 6. The molecule has 31 heavy (non-hydrogen) atoms. The molecule has 0 spiro atoms. The van der Waals surface area contributed by atoms with E-state index in [9.17, 15) is 26.3 Å². The van der Waals surface area contributed by atoms with Crippen molar-refractivity contribution in [1.82, 2.24) is 29.5 Å². The fourth-order valence-corrected chi connectivity index (χ4v) is 2.61. The first-order valence-electron chi connectivity index (χ1n) is 8.54. The molecule has 0 atom stereocenters. The molecule has 0 fully saturated rings. The molecular weight excluding hydrogens is 434 g/mol. The van der Waals surface area contributed by atoms with Crippen LogP contribution in [-0.4, -0.2) is 29.5 Å². The first-order chi connectivity index (χ1) is 14.4. The summed E-state index contributed by atoms with van der Waals surface area (Å²) in [7, 11) is 0. The zero-order chi connectivity index (χ0) is 22.6. The first-order valence-corrected chi connectivity index (χ1v) is 8.54. The van der Waals surface area contributed by atoms with E-state index in [0.29, 0.717) is 0 Å². The third-order valence-electron chi connectivity index (χ3n) is 4.28. The van der Waals surface area contributed by atoms with Gasteiger partial charge in [0.2, 0.25) is 11.8 Å². The largest absolute Gasteiger partial charge is 0.445 e. The maximum absolute atomic E-state index is 12.7. The SMILES string of the molecule is CC(C)(c1nc(-n2ccc(C(F)(F)F)n2)co1)c1nc(-n2ccc(C(F)(F)F)n2)co1. The van der Waals surface area contributed by atoms with Crippen LogP contribution in [0.5, 0.6) is 0 Å². The second-order valence-corrected chi connectivity index (χ2v) is 6.93. The second kappa shape index (κ2) is 6.72. The standard InChI is InChI=1S/C17H12F6N6O2/c1-15(2,13-24-11(7-30-13)28-5-3-9(26-28)16(18,19)20)14-25-12(8-31-14)29-6-4-10(27-29)17(21,22)23/h3-8H,1-2H3. The Morgan fingerprint density at radius 3 is 1.42 bits per heavy atom. The number of hydrogen-bond donors (Lipinski definition) is 0. The Bertz CT molecular complexity index is 1120. The Morgan fingerprint density at radius 1 is 0.710 bits per heavy atom. The van der Waals surface area contributed by atoms with Crippen LogP contribution in [0.2, 0.25) is 0 Å². The molecule has 164 valence electrons. The minimum absolute atomic E-state index is 0.00718. The number of rotatable bonds is 4. The molecule has 0 unspecified atom stereocenters. The molecule has 0 radical (unpaired) electrons. The average molecular weight is 446 g/mol. The van der Waals surface area contributed by atoms with E-state index in [2.05, 4.69) is 20.2 Å². The van der Waals surface area contributed by atoms with Gasteiger partial charge in [0.05, 0.1) is 0 Å². The van der Waals surface area contributed by atoms with E-state index < -0.39 is 29.2 Å². The lowest BCUT2D eigenvalue weighted by Crippen LogP contribution is -2.20. The van der Waals surface area contributed by atoms with Crippen molar-refractivity contribution in [2.45, 2.75) is 31.6 Å². The summed E-state index contributed by atoms with van der Waals surface area (Å²) in [4.78, 5) is 8.28. The highest BCUT2D eigenvalue weighted by molar-refractivity contribution is 5.27. The zero-order valence-electron chi connectivity index (χ0n) is 15.7. The van der Waals surface area contributed by atoms with Crippen molar-refractivity contribution in [2.24, 2.45) is 0 Å². The molecule has 0 saturated carbocycles. The minimum atomic E-state index is -4.61. The Morgan fingerprint density at radius 2 is 1.10 bits per heavy atom. The fraction of sp³-hybridized carbons (Fsp3) is 0.294. The van der Waals surface area contributed by atoms with E-state index in [1.54, 1.807) is 13.8 Å². The van der Waals surface area contributed by atoms with Crippen molar-refractivity contribution in [2.75, 3.05) is 0 Å². The summed E-state index contributed by atoms with van der Waals surface area (Å²) in [5.41, 5.74) is -3.30. The highest BCUT2D eigenvalue weighted by Crippen LogP contribution is 2.33. The van der Waals surface area contributed by atoms with Crippen LogP contribution in [0.15, 0.2) is 45.9 Å². The van der Waals surface area contributed by atoms with Crippen LogP contribution in [0.4, 0.5) is 26.3 Å². The highest BCUT2D eigenvalue weighted by Gasteiger charge is 2.37. The van der Waals surface area contributed by atoms with Gasteiger partial charge in [0.1, 0.15) is 17.9 Å². The van der Waals surface area contributed by atoms with Crippen LogP contribution < -0.4 is 0 Å². The van der Waals surface area contributed by atoms with Gasteiger partial charge in [-0.05, 0) is 26.0 Å². The minimum Gasteiger partial charge on any atom is -0.445 e. The number of alkyl halides is 6. The normalized spacial score (nSPS) is 13.2. The fourth-order valence-electron chi connectivity index (χ4n) is 2.61. The summed E-state index contributed by atoms with van der Waals surface area (Å²) >= 11 is 0. The quantitative estimate of drug-likeness (QED) is 0.432. The predicted octanol–water partition coefficient (Wildman–Crippen LogP) is 4.40. The number of oxazole rings is 2. The average Bonchev–Trinajstić information content (AvgIpc) is 3.47. The maximum Gasteiger partial charge on any atom is 0.435 e. The van der Waals surface area contributed by atoms with E-state index in [1.165, 1.54) is 0 Å². The molecule has 4 aromatic heterocycles. The van der Waals surface area contributed by atoms with Gasteiger partial charge >= 0.3 is 12.4 Å². The van der Waals surface area contributed by atoms with E-state index >= 15 is 0 Å². The molecule has 0 aliphatic carbocycles. The predicted molar refractivity (Wildman–Crippen MR) is 89.4 cm³/mol. The molecule has 4 heterocycles. The van der Waals surface area contributed by atoms with E-state index in [1.807, 2.05) is 0 Å². The summed E-state index contributed by atoms with van der Waals surface area (Å²) in [6.45, 7) is 3.21. The van der Waals surface area contributed by atoms with E-state index in [0.717, 1.165) is 46.4 Å². The summed E-state index contributed by atoms with van der Waals surface area (Å²) in [6.07, 6.45) is -4.84. The van der Waals surface area contributed by atoms with Crippen LogP contribution in [0.25, 0.3) is 11.6 Å². The molecule has 4 aromatic rings. The van der Waals surface area contributed by atoms with Crippen molar-refractivity contribution >= 4 is 0 Å². The third kappa shape index (κ3) is 3.80. The monoisotopic (exact) mass is 446 g/mol. The number of aromatic nitrogens is 6. The van der Waals surface area contributed by atoms with Gasteiger partial charge in [-0.3, -0.25) is 0 Å². The van der Waals surface area contributed by atoms with Crippen molar-refractivity contribution < 1.29 is 35.2 Å². The van der Waals surface area contributed by atoms with Crippen molar-refractivity contribution in [3.63, 3.8) is 0 Å². The van der Waals surface area contributed by atoms with Crippen LogP contribution in [-0.2, 0) is 17.8 Å². The van der Waals surface area contributed by atoms with Gasteiger partial charge in [0.15, 0.2) is 23.0 Å². The number of halogens is 6. The molecular formula is C17H12F6N6O2. The summed E-state index contributed by atoms with van der Waals surface area (Å²) in [6, 6.07) is 1.58. The second-order valence-electron chi connectivity index (χ2n) is 6.93. The molecule has 0 aliphatic heterocycles. The number of nitrogens with zero attached hydrogens (tertiary/aromatic N) is 6. The molecule has 0 aromatic carbocycles. The van der Waals surface area contributed by atoms with Gasteiger partial charge < -0.3 is 8.83 Å². The molecule has 0 bridgehead atoms. The van der Waals surface area contributed by atoms with Gasteiger partial charge in [-0.1, -0.05) is 0 Å². The van der Waals surface area contributed by atoms with Crippen molar-refractivity contribution in [3.05, 3.63) is 60.2 Å². The topological polar surface area (TPSA) is 87.7 Å². The van der Waals surface area contributed by atoms with Gasteiger partial charge in [-0.2, -0.15) is 46.5 Å². The van der Waals surface area contributed by atoms with Crippen molar-refractivity contribution in [1.29, 1.82) is 0 Å². The molecule has 0 aliphatic rings. The molecule has 4 rings (SSSR count). The Labute approximate surface area is 169 Å². The smallest absolute Gasteiger partial charge is 0.435 e. The molecule has 0 saturated heterocycles. The lowest BCUT2D eigenvalue weighted by molar-refractivity contribution is -0.142. The zero-order valence-corrected chi connectivity index (χ0v) is 15.7. The van der Waals surface area contributed by atoms with Crippen LogP contribution >= 0.6 is 0 Å². The van der Waals surface area contributed by atoms with Gasteiger partial charge in [-0.15, -0.1) is 0 Å². The van der Waals surface area contributed by atoms with Crippen LogP contribution in [0, 0.1) is 0 Å². The van der Waals surface area contributed by atoms with Crippen LogP contribution in [0.1, 0.15) is 37.0 Å². The molecule has 0 amide bonds. The maximum atomic E-state index is 12.7. The summed E-state index contributed by atoms with van der Waals surface area (Å²) in [5, 5.41) is 6.82. The molecule has 0 N–H and O–H groups in total. The van der Waals surface area contributed by atoms with E-state index in [-0.39, 0.29) is 23.4 Å². The Balaban J connectivity index is 1.60. The lowest BCUT2D eigenvalue weighted by atomic mass is 9.93. The summed E-state index contributed by atoms with van der Waals surface area (Å²) < 4.78 is 88.9. The third-order valence-corrected chi connectivity index (χ3v) is 4.28. The van der Waals surface area contributed by atoms with Gasteiger partial charge in [0.25, 0.3) is 0 Å². The van der Waals surface area contributed by atoms with Crippen molar-refractivity contribution in [3.8, 4) is 11.6 Å². The first kappa shape index (κ1) is 20.7. The van der Waals surface area contributed by atoms with Gasteiger partial charge in [0, 0.05) is 12.4 Å². The molecule has 14 heteroatoms.